The van der Waals surface area contributed by atoms with Gasteiger partial charge >= 0.3 is 0 Å². The molecule has 0 radical (unpaired) electrons. The molecule has 27 heavy (non-hydrogen) atoms. The van der Waals surface area contributed by atoms with Gasteiger partial charge in [-0.3, -0.25) is 4.79 Å². The molecule has 1 aromatic heterocycles. The molecule has 0 N–H and O–H groups in total. The van der Waals surface area contributed by atoms with Crippen LogP contribution in [-0.2, 0) is 4.79 Å². The van der Waals surface area contributed by atoms with E-state index in [9.17, 15) is 4.79 Å². The molecule has 1 aliphatic heterocycles. The maximum Gasteiger partial charge on any atom is 0.222 e. The van der Waals surface area contributed by atoms with Gasteiger partial charge in [0.05, 0.1) is 0 Å². The number of amides is 1. The zero-order valence-corrected chi connectivity index (χ0v) is 17.1. The fraction of sp³-hybridized carbons (Fsp3) is 0.476. The van der Waals surface area contributed by atoms with Crippen molar-refractivity contribution < 1.29 is 4.79 Å². The van der Waals surface area contributed by atoms with E-state index in [0.29, 0.717) is 17.3 Å². The molecular formula is C21H27ClN4O. The van der Waals surface area contributed by atoms with Gasteiger partial charge in [0.1, 0.15) is 5.82 Å². The number of aryl methyl sites for hydroxylation is 1. The molecule has 0 unspecified atom stereocenters. The van der Waals surface area contributed by atoms with Crippen LogP contribution in [0.3, 0.4) is 0 Å². The molecule has 1 aromatic carbocycles. The van der Waals surface area contributed by atoms with Gasteiger partial charge in [-0.25, -0.2) is 9.97 Å². The van der Waals surface area contributed by atoms with Gasteiger partial charge in [0.2, 0.25) is 5.91 Å². The van der Waals surface area contributed by atoms with Gasteiger partial charge in [-0.15, -0.1) is 0 Å². The number of carbonyl (C=O) groups excluding carboxylic acids is 1. The predicted molar refractivity (Wildman–Crippen MR) is 110 cm³/mol. The zero-order chi connectivity index (χ0) is 19.4. The lowest BCUT2D eigenvalue weighted by Gasteiger charge is -2.36. The molecule has 3 rings (SSSR count). The third kappa shape index (κ3) is 4.59. The van der Waals surface area contributed by atoms with Gasteiger partial charge in [0.15, 0.2) is 5.82 Å². The Bertz CT molecular complexity index is 799. The molecule has 0 spiro atoms. The van der Waals surface area contributed by atoms with Gasteiger partial charge in [0.25, 0.3) is 0 Å². The van der Waals surface area contributed by atoms with E-state index in [4.69, 9.17) is 16.6 Å². The van der Waals surface area contributed by atoms with Crippen LogP contribution in [0.25, 0.3) is 11.4 Å². The maximum absolute atomic E-state index is 12.3. The van der Waals surface area contributed by atoms with Crippen LogP contribution in [-0.4, -0.2) is 47.0 Å². The van der Waals surface area contributed by atoms with Gasteiger partial charge in [0, 0.05) is 54.4 Å². The minimum absolute atomic E-state index is 0.272. The summed E-state index contributed by atoms with van der Waals surface area (Å²) in [7, 11) is 0. The van der Waals surface area contributed by atoms with Crippen molar-refractivity contribution in [3.63, 3.8) is 0 Å². The van der Waals surface area contributed by atoms with Crippen molar-refractivity contribution >= 4 is 23.3 Å². The van der Waals surface area contributed by atoms with Crippen LogP contribution < -0.4 is 4.90 Å². The molecular weight excluding hydrogens is 360 g/mol. The van der Waals surface area contributed by atoms with Crippen molar-refractivity contribution in [1.82, 2.24) is 14.9 Å². The van der Waals surface area contributed by atoms with E-state index in [1.807, 2.05) is 36.1 Å². The number of aromatic nitrogens is 2. The summed E-state index contributed by atoms with van der Waals surface area (Å²) in [6, 6.07) is 7.60. The van der Waals surface area contributed by atoms with E-state index >= 15 is 0 Å². The van der Waals surface area contributed by atoms with Gasteiger partial charge in [-0.2, -0.15) is 0 Å². The summed E-state index contributed by atoms with van der Waals surface area (Å²) in [6.07, 6.45) is 2.68. The van der Waals surface area contributed by atoms with E-state index in [1.54, 1.807) is 0 Å². The summed E-state index contributed by atoms with van der Waals surface area (Å²) in [5, 5.41) is 0.701. The average Bonchev–Trinajstić information content (AvgIpc) is 2.69. The highest BCUT2D eigenvalue weighted by molar-refractivity contribution is 6.30. The largest absolute Gasteiger partial charge is 0.353 e. The third-order valence-electron chi connectivity index (χ3n) is 5.14. The number of rotatable bonds is 5. The first-order valence-corrected chi connectivity index (χ1v) is 10.0. The smallest absolute Gasteiger partial charge is 0.222 e. The topological polar surface area (TPSA) is 49.3 Å². The number of hydrogen-bond acceptors (Lipinski definition) is 4. The second-order valence-electron chi connectivity index (χ2n) is 7.06. The highest BCUT2D eigenvalue weighted by atomic mass is 35.5. The number of carbonyl (C=O) groups is 1. The Morgan fingerprint density at radius 2 is 1.74 bits per heavy atom. The van der Waals surface area contributed by atoms with Crippen LogP contribution in [0.5, 0.6) is 0 Å². The Morgan fingerprint density at radius 3 is 2.37 bits per heavy atom. The summed E-state index contributed by atoms with van der Waals surface area (Å²) < 4.78 is 0. The van der Waals surface area contributed by atoms with Crippen LogP contribution in [0.1, 0.15) is 37.4 Å². The van der Waals surface area contributed by atoms with Crippen molar-refractivity contribution in [2.45, 2.75) is 40.0 Å². The lowest BCUT2D eigenvalue weighted by atomic mass is 10.1. The van der Waals surface area contributed by atoms with Crippen LogP contribution in [0.15, 0.2) is 24.3 Å². The number of hydrogen-bond donors (Lipinski definition) is 0. The summed E-state index contributed by atoms with van der Waals surface area (Å²) in [4.78, 5) is 26.0. The Hall–Kier alpha value is -2.14. The number of nitrogens with zero attached hydrogens (tertiary/aromatic N) is 4. The number of piperazine rings is 1. The summed E-state index contributed by atoms with van der Waals surface area (Å²) in [5.41, 5.74) is 3.03. The van der Waals surface area contributed by atoms with E-state index in [2.05, 4.69) is 23.7 Å². The molecule has 0 saturated carbocycles. The summed E-state index contributed by atoms with van der Waals surface area (Å²) >= 11 is 6.00. The van der Waals surface area contributed by atoms with Crippen LogP contribution in [0, 0.1) is 13.8 Å². The van der Waals surface area contributed by atoms with Crippen molar-refractivity contribution in [2.75, 3.05) is 31.1 Å². The lowest BCUT2D eigenvalue weighted by Crippen LogP contribution is -2.49. The SMILES string of the molecule is CCCCC(=O)N1CCN(c2nc(-c3ccc(Cl)cc3)nc(C)c2C)CC1. The van der Waals surface area contributed by atoms with Crippen LogP contribution in [0.2, 0.25) is 5.02 Å². The predicted octanol–water partition coefficient (Wildman–Crippen LogP) is 4.25. The molecule has 1 fully saturated rings. The minimum Gasteiger partial charge on any atom is -0.353 e. The van der Waals surface area contributed by atoms with Gasteiger partial charge in [-0.1, -0.05) is 24.9 Å². The third-order valence-corrected chi connectivity index (χ3v) is 5.39. The highest BCUT2D eigenvalue weighted by Crippen LogP contribution is 2.26. The van der Waals surface area contributed by atoms with Gasteiger partial charge in [-0.05, 0) is 44.5 Å². The van der Waals surface area contributed by atoms with Crippen molar-refractivity contribution in [3.8, 4) is 11.4 Å². The molecule has 5 nitrogen and oxygen atoms in total. The van der Waals surface area contributed by atoms with Crippen LogP contribution >= 0.6 is 11.6 Å². The van der Waals surface area contributed by atoms with Crippen LogP contribution in [0.4, 0.5) is 5.82 Å². The van der Waals surface area contributed by atoms with Crippen molar-refractivity contribution in [1.29, 1.82) is 0 Å². The van der Waals surface area contributed by atoms with Gasteiger partial charge < -0.3 is 9.80 Å². The first kappa shape index (κ1) is 19.6. The van der Waals surface area contributed by atoms with E-state index in [0.717, 1.165) is 61.7 Å². The minimum atomic E-state index is 0.272. The van der Waals surface area contributed by atoms with Crippen molar-refractivity contribution in [3.05, 3.63) is 40.5 Å². The number of benzene rings is 1. The lowest BCUT2D eigenvalue weighted by molar-refractivity contribution is -0.131. The molecule has 2 aromatic rings. The number of halogens is 1. The molecule has 0 aliphatic carbocycles. The number of anilines is 1. The molecule has 0 bridgehead atoms. The first-order chi connectivity index (χ1) is 13.0. The second kappa shape index (κ2) is 8.70. The Kier molecular flexibility index (Phi) is 6.32. The van der Waals surface area contributed by atoms with E-state index in [-0.39, 0.29) is 5.91 Å². The molecule has 144 valence electrons. The summed E-state index contributed by atoms with van der Waals surface area (Å²) in [6.45, 7) is 9.30. The van der Waals surface area contributed by atoms with E-state index < -0.39 is 0 Å². The summed E-state index contributed by atoms with van der Waals surface area (Å²) in [5.74, 6) is 1.95. The molecule has 2 heterocycles. The second-order valence-corrected chi connectivity index (χ2v) is 7.50. The standard InChI is InChI=1S/C21H27ClN4O/c1-4-5-6-19(27)25-11-13-26(14-12-25)21-15(2)16(3)23-20(24-21)17-7-9-18(22)10-8-17/h7-10H,4-6,11-14H2,1-3H3. The Labute approximate surface area is 166 Å². The monoisotopic (exact) mass is 386 g/mol. The van der Waals surface area contributed by atoms with Crippen molar-refractivity contribution in [2.24, 2.45) is 0 Å². The molecule has 1 amide bonds. The highest BCUT2D eigenvalue weighted by Gasteiger charge is 2.23. The molecule has 6 heteroatoms. The first-order valence-electron chi connectivity index (χ1n) is 9.63. The zero-order valence-electron chi connectivity index (χ0n) is 16.3. The van der Waals surface area contributed by atoms with E-state index in [1.165, 1.54) is 0 Å². The maximum atomic E-state index is 12.3. The Morgan fingerprint density at radius 1 is 1.07 bits per heavy atom. The molecule has 1 saturated heterocycles. The fourth-order valence-corrected chi connectivity index (χ4v) is 3.43. The Balaban J connectivity index is 1.77. The fourth-order valence-electron chi connectivity index (χ4n) is 3.30. The quantitative estimate of drug-likeness (QED) is 0.770. The molecule has 1 aliphatic rings. The molecule has 0 atom stereocenters. The average molecular weight is 387 g/mol. The number of unbranched alkanes of at least 4 members (excludes halogenated alkanes) is 1. The normalized spacial score (nSPS) is 14.5.